The highest BCUT2D eigenvalue weighted by molar-refractivity contribution is 7.92. The van der Waals surface area contributed by atoms with E-state index in [-0.39, 0.29) is 39.6 Å². The minimum Gasteiger partial charge on any atom is -0.454 e. The molecule has 0 aliphatic heterocycles. The first kappa shape index (κ1) is 23.0. The van der Waals surface area contributed by atoms with Gasteiger partial charge in [-0.1, -0.05) is 0 Å². The van der Waals surface area contributed by atoms with Gasteiger partial charge in [-0.3, -0.25) is 9.52 Å². The molecule has 2 N–H and O–H groups in total. The van der Waals surface area contributed by atoms with E-state index in [1.165, 1.54) is 29.8 Å². The van der Waals surface area contributed by atoms with Crippen molar-refractivity contribution >= 4 is 26.6 Å². The molecule has 34 heavy (non-hydrogen) atoms. The number of nitrogens with one attached hydrogen (secondary N) is 2. The summed E-state index contributed by atoms with van der Waals surface area (Å²) < 4.78 is 61.6. The number of nitriles is 1. The maximum Gasteiger partial charge on any atom is 0.259 e. The van der Waals surface area contributed by atoms with Gasteiger partial charge in [-0.15, -0.1) is 0 Å². The fraction of sp³-hybridized carbons (Fsp3) is 0.130. The van der Waals surface area contributed by atoms with Crippen LogP contribution in [0.1, 0.15) is 12.5 Å². The molecule has 0 fully saturated rings. The van der Waals surface area contributed by atoms with E-state index < -0.39 is 21.7 Å². The Hall–Kier alpha value is -4.17. The summed E-state index contributed by atoms with van der Waals surface area (Å²) in [6.45, 7) is 1.44. The number of aromatic nitrogens is 2. The van der Waals surface area contributed by atoms with Crippen molar-refractivity contribution in [1.29, 1.82) is 5.26 Å². The quantitative estimate of drug-likeness (QED) is 0.425. The van der Waals surface area contributed by atoms with Gasteiger partial charge in [-0.2, -0.15) is 5.26 Å². The van der Waals surface area contributed by atoms with Crippen LogP contribution in [0.4, 0.5) is 14.5 Å². The SMILES string of the molecule is CCS(=O)(=O)Nc1cc(-c2cn(C)c(=O)c3cc[nH]c23)c(Oc2ccc(F)cc2F)cc1C#N. The van der Waals surface area contributed by atoms with Crippen molar-refractivity contribution in [2.24, 2.45) is 7.05 Å². The average Bonchev–Trinajstić information content (AvgIpc) is 3.29. The van der Waals surface area contributed by atoms with Crippen LogP contribution in [-0.2, 0) is 17.1 Å². The molecule has 174 valence electrons. The number of benzene rings is 2. The van der Waals surface area contributed by atoms with E-state index in [4.69, 9.17) is 4.74 Å². The molecule has 0 unspecified atom stereocenters. The van der Waals surface area contributed by atoms with Gasteiger partial charge in [-0.05, 0) is 31.2 Å². The standard InChI is InChI=1S/C23H18F2N4O4S/c1-3-34(31,32)28-19-10-16(17-12-29(2)23(30)15-6-7-27-22(15)17)21(8-13(19)11-26)33-20-5-4-14(24)9-18(20)25/h4-10,12,27-28H,3H2,1-2H3. The number of anilines is 1. The van der Waals surface area contributed by atoms with Crippen LogP contribution < -0.4 is 15.0 Å². The molecule has 2 aromatic heterocycles. The third kappa shape index (κ3) is 4.23. The maximum absolute atomic E-state index is 14.3. The lowest BCUT2D eigenvalue weighted by Crippen LogP contribution is -2.17. The van der Waals surface area contributed by atoms with Crippen LogP contribution in [-0.4, -0.2) is 23.7 Å². The highest BCUT2D eigenvalue weighted by atomic mass is 32.2. The van der Waals surface area contributed by atoms with E-state index >= 15 is 0 Å². The molecule has 0 bridgehead atoms. The minimum absolute atomic E-state index is 0.00365. The van der Waals surface area contributed by atoms with E-state index in [2.05, 4.69) is 9.71 Å². The summed E-state index contributed by atoms with van der Waals surface area (Å²) in [7, 11) is -2.20. The molecule has 4 rings (SSSR count). The van der Waals surface area contributed by atoms with Crippen LogP contribution in [0, 0.1) is 23.0 Å². The third-order valence-electron chi connectivity index (χ3n) is 5.18. The maximum atomic E-state index is 14.3. The van der Waals surface area contributed by atoms with Crippen LogP contribution in [0.2, 0.25) is 0 Å². The van der Waals surface area contributed by atoms with Gasteiger partial charge >= 0.3 is 0 Å². The predicted octanol–water partition coefficient (Wildman–Crippen LogP) is 4.24. The number of ether oxygens (including phenoxy) is 1. The monoisotopic (exact) mass is 484 g/mol. The van der Waals surface area contributed by atoms with Gasteiger partial charge in [0.25, 0.3) is 5.56 Å². The molecule has 0 amide bonds. The van der Waals surface area contributed by atoms with E-state index in [0.717, 1.165) is 12.1 Å². The molecular weight excluding hydrogens is 466 g/mol. The lowest BCUT2D eigenvalue weighted by molar-refractivity contribution is 0.439. The Kier molecular flexibility index (Phi) is 5.85. The number of sulfonamides is 1. The summed E-state index contributed by atoms with van der Waals surface area (Å²) in [5.74, 6) is -2.30. The first-order chi connectivity index (χ1) is 16.1. The first-order valence-electron chi connectivity index (χ1n) is 10.0. The Balaban J connectivity index is 2.01. The van der Waals surface area contributed by atoms with Crippen molar-refractivity contribution in [3.8, 4) is 28.7 Å². The van der Waals surface area contributed by atoms with E-state index in [9.17, 15) is 27.3 Å². The molecule has 0 aliphatic rings. The molecule has 2 aromatic carbocycles. The number of aryl methyl sites for hydroxylation is 1. The summed E-state index contributed by atoms with van der Waals surface area (Å²) >= 11 is 0. The first-order valence-corrected chi connectivity index (χ1v) is 11.7. The Morgan fingerprint density at radius 3 is 2.59 bits per heavy atom. The van der Waals surface area contributed by atoms with Crippen LogP contribution in [0.5, 0.6) is 11.5 Å². The zero-order chi connectivity index (χ0) is 24.6. The van der Waals surface area contributed by atoms with Gasteiger partial charge in [0, 0.05) is 42.7 Å². The number of halogens is 2. The topological polar surface area (TPSA) is 117 Å². The van der Waals surface area contributed by atoms with Gasteiger partial charge in [0.2, 0.25) is 10.0 Å². The van der Waals surface area contributed by atoms with Crippen LogP contribution in [0.15, 0.2) is 53.6 Å². The van der Waals surface area contributed by atoms with Gasteiger partial charge in [0.15, 0.2) is 11.6 Å². The van der Waals surface area contributed by atoms with Gasteiger partial charge in [0.1, 0.15) is 17.6 Å². The second-order valence-corrected chi connectivity index (χ2v) is 9.42. The van der Waals surface area contributed by atoms with Crippen molar-refractivity contribution in [2.45, 2.75) is 6.92 Å². The summed E-state index contributed by atoms with van der Waals surface area (Å²) in [5.41, 5.74) is 0.764. The van der Waals surface area contributed by atoms with Crippen molar-refractivity contribution in [3.05, 3.63) is 76.3 Å². The fourth-order valence-corrected chi connectivity index (χ4v) is 4.10. The molecule has 0 aliphatic carbocycles. The highest BCUT2D eigenvalue weighted by Crippen LogP contribution is 2.40. The highest BCUT2D eigenvalue weighted by Gasteiger charge is 2.21. The summed E-state index contributed by atoms with van der Waals surface area (Å²) in [6.07, 6.45) is 3.08. The molecule has 0 atom stereocenters. The second kappa shape index (κ2) is 8.64. The number of aromatic amines is 1. The van der Waals surface area contributed by atoms with Crippen LogP contribution >= 0.6 is 0 Å². The van der Waals surface area contributed by atoms with Crippen molar-refractivity contribution in [2.75, 3.05) is 10.5 Å². The largest absolute Gasteiger partial charge is 0.454 e. The minimum atomic E-state index is -3.74. The van der Waals surface area contributed by atoms with Crippen LogP contribution in [0.3, 0.4) is 0 Å². The zero-order valence-electron chi connectivity index (χ0n) is 18.0. The summed E-state index contributed by atoms with van der Waals surface area (Å²) in [4.78, 5) is 15.5. The van der Waals surface area contributed by atoms with E-state index in [0.29, 0.717) is 22.5 Å². The number of H-pyrrole nitrogens is 1. The number of pyridine rings is 1. The number of hydrogen-bond donors (Lipinski definition) is 2. The smallest absolute Gasteiger partial charge is 0.259 e. The lowest BCUT2D eigenvalue weighted by Gasteiger charge is -2.17. The molecular formula is C23H18F2N4O4S. The number of hydrogen-bond acceptors (Lipinski definition) is 5. The van der Waals surface area contributed by atoms with Crippen molar-refractivity contribution in [1.82, 2.24) is 9.55 Å². The Bertz CT molecular complexity index is 1640. The zero-order valence-corrected chi connectivity index (χ0v) is 18.8. The van der Waals surface area contributed by atoms with Crippen molar-refractivity contribution in [3.63, 3.8) is 0 Å². The fourth-order valence-electron chi connectivity index (χ4n) is 3.45. The second-order valence-electron chi connectivity index (χ2n) is 7.41. The average molecular weight is 484 g/mol. The number of rotatable bonds is 6. The van der Waals surface area contributed by atoms with Gasteiger partial charge in [0.05, 0.1) is 27.9 Å². The van der Waals surface area contributed by atoms with E-state index in [1.54, 1.807) is 19.3 Å². The molecule has 11 heteroatoms. The van der Waals surface area contributed by atoms with Gasteiger partial charge in [-0.25, -0.2) is 17.2 Å². The molecule has 0 saturated carbocycles. The Morgan fingerprint density at radius 2 is 1.91 bits per heavy atom. The molecule has 2 heterocycles. The molecule has 8 nitrogen and oxygen atoms in total. The van der Waals surface area contributed by atoms with E-state index in [1.807, 2.05) is 6.07 Å². The third-order valence-corrected chi connectivity index (χ3v) is 6.47. The number of nitrogens with zero attached hydrogens (tertiary/aromatic N) is 2. The normalized spacial score (nSPS) is 11.4. The summed E-state index contributed by atoms with van der Waals surface area (Å²) in [5, 5.41) is 9.99. The number of fused-ring (bicyclic) bond motifs is 1. The van der Waals surface area contributed by atoms with Gasteiger partial charge < -0.3 is 14.3 Å². The molecule has 4 aromatic rings. The molecule has 0 spiro atoms. The Morgan fingerprint density at radius 1 is 1.15 bits per heavy atom. The molecule has 0 saturated heterocycles. The Labute approximate surface area is 193 Å². The van der Waals surface area contributed by atoms with Crippen LogP contribution in [0.25, 0.3) is 22.0 Å². The summed E-state index contributed by atoms with van der Waals surface area (Å²) in [6, 6.07) is 8.89. The predicted molar refractivity (Wildman–Crippen MR) is 123 cm³/mol. The lowest BCUT2D eigenvalue weighted by atomic mass is 10.0. The van der Waals surface area contributed by atoms with Crippen molar-refractivity contribution < 1.29 is 21.9 Å². The molecule has 0 radical (unpaired) electrons.